The van der Waals surface area contributed by atoms with Crippen LogP contribution in [-0.4, -0.2) is 27.3 Å². The number of esters is 1. The van der Waals surface area contributed by atoms with Crippen LogP contribution in [0.25, 0.3) is 5.70 Å². The summed E-state index contributed by atoms with van der Waals surface area (Å²) >= 11 is 0. The van der Waals surface area contributed by atoms with Gasteiger partial charge in [0.2, 0.25) is 5.95 Å². The maximum absolute atomic E-state index is 13.1. The number of nitrogens with zero attached hydrogens (tertiary/aromatic N) is 3. The summed E-state index contributed by atoms with van der Waals surface area (Å²) in [4.78, 5) is 17.4. The highest BCUT2D eigenvalue weighted by atomic mass is 16.5. The number of carbonyl (C=O) groups excluding carboxylic acids is 1. The number of anilines is 1. The molecule has 2 aromatic carbocycles. The van der Waals surface area contributed by atoms with Crippen LogP contribution in [0.4, 0.5) is 5.95 Å². The van der Waals surface area contributed by atoms with E-state index in [-0.39, 0.29) is 5.97 Å². The van der Waals surface area contributed by atoms with Crippen LogP contribution >= 0.6 is 0 Å². The maximum atomic E-state index is 13.1. The maximum Gasteiger partial charge on any atom is 0.338 e. The first kappa shape index (κ1) is 18.9. The van der Waals surface area contributed by atoms with E-state index in [1.807, 2.05) is 37.3 Å². The van der Waals surface area contributed by atoms with Crippen molar-refractivity contribution in [2.45, 2.75) is 32.7 Å². The second-order valence-corrected chi connectivity index (χ2v) is 7.25. The number of rotatable bonds is 5. The van der Waals surface area contributed by atoms with E-state index in [1.165, 1.54) is 11.9 Å². The van der Waals surface area contributed by atoms with E-state index in [1.54, 1.807) is 4.68 Å². The Hall–Kier alpha value is -3.41. The first-order valence-corrected chi connectivity index (χ1v) is 9.83. The summed E-state index contributed by atoms with van der Waals surface area (Å²) in [5.41, 5.74) is 4.31. The Balaban J connectivity index is 1.91. The molecule has 0 bridgehead atoms. The summed E-state index contributed by atoms with van der Waals surface area (Å²) in [7, 11) is 0. The molecular formula is C23H24N4O2. The van der Waals surface area contributed by atoms with Crippen molar-refractivity contribution >= 4 is 17.6 Å². The van der Waals surface area contributed by atoms with E-state index >= 15 is 0 Å². The number of nitrogens with one attached hydrogen (secondary N) is 1. The fraction of sp³-hybridized carbons (Fsp3) is 0.261. The zero-order valence-corrected chi connectivity index (χ0v) is 16.8. The lowest BCUT2D eigenvalue weighted by molar-refractivity contribution is -0.138. The average molecular weight is 388 g/mol. The topological polar surface area (TPSA) is 69.0 Å². The van der Waals surface area contributed by atoms with Gasteiger partial charge in [-0.15, -0.1) is 0 Å². The number of aromatic nitrogens is 3. The minimum atomic E-state index is -0.427. The fourth-order valence-electron chi connectivity index (χ4n) is 3.59. The molecular weight excluding hydrogens is 364 g/mol. The van der Waals surface area contributed by atoms with E-state index in [9.17, 15) is 4.79 Å². The molecule has 3 aromatic rings. The van der Waals surface area contributed by atoms with Crippen molar-refractivity contribution < 1.29 is 9.53 Å². The van der Waals surface area contributed by atoms with Gasteiger partial charge in [-0.1, -0.05) is 68.4 Å². The van der Waals surface area contributed by atoms with Crippen LogP contribution in [0.3, 0.4) is 0 Å². The monoisotopic (exact) mass is 388 g/mol. The van der Waals surface area contributed by atoms with Crippen LogP contribution in [-0.2, 0) is 9.53 Å². The average Bonchev–Trinajstić information content (AvgIpc) is 3.21. The molecule has 0 spiro atoms. The summed E-state index contributed by atoms with van der Waals surface area (Å²) in [6.07, 6.45) is 1.49. The van der Waals surface area contributed by atoms with Gasteiger partial charge in [0.15, 0.2) is 0 Å². The summed E-state index contributed by atoms with van der Waals surface area (Å²) in [6, 6.07) is 17.6. The van der Waals surface area contributed by atoms with Crippen molar-refractivity contribution in [3.05, 3.63) is 83.2 Å². The van der Waals surface area contributed by atoms with Crippen LogP contribution < -0.4 is 5.32 Å². The number of fused-ring (bicyclic) bond motifs is 1. The highest BCUT2D eigenvalue weighted by molar-refractivity contribution is 6.02. The van der Waals surface area contributed by atoms with Crippen LogP contribution in [0.5, 0.6) is 0 Å². The fourth-order valence-corrected chi connectivity index (χ4v) is 3.59. The van der Waals surface area contributed by atoms with Crippen LogP contribution in [0.15, 0.2) is 66.5 Å². The SMILES string of the molecule is CCOC(=O)C1=C(c2ccccc2)Nc2ncnn2C1c1ccc(C(C)C)cc1. The number of hydrogen-bond donors (Lipinski definition) is 1. The molecule has 4 rings (SSSR count). The molecule has 1 aromatic heterocycles. The number of benzene rings is 2. The van der Waals surface area contributed by atoms with Crippen LogP contribution in [0, 0.1) is 0 Å². The lowest BCUT2D eigenvalue weighted by Crippen LogP contribution is -2.30. The largest absolute Gasteiger partial charge is 0.463 e. The molecule has 6 nitrogen and oxygen atoms in total. The van der Waals surface area contributed by atoms with Crippen molar-refractivity contribution in [3.8, 4) is 0 Å². The quantitative estimate of drug-likeness (QED) is 0.657. The van der Waals surface area contributed by atoms with Gasteiger partial charge in [0.25, 0.3) is 0 Å². The Morgan fingerprint density at radius 1 is 1.14 bits per heavy atom. The van der Waals surface area contributed by atoms with Gasteiger partial charge in [0.05, 0.1) is 17.9 Å². The first-order chi connectivity index (χ1) is 14.1. The molecule has 1 atom stereocenters. The summed E-state index contributed by atoms with van der Waals surface area (Å²) < 4.78 is 7.18. The van der Waals surface area contributed by atoms with Gasteiger partial charge in [0.1, 0.15) is 12.4 Å². The molecule has 6 heteroatoms. The number of ether oxygens (including phenoxy) is 1. The molecule has 1 aliphatic heterocycles. The van der Waals surface area contributed by atoms with Gasteiger partial charge >= 0.3 is 5.97 Å². The Labute approximate surface area is 170 Å². The Kier molecular flexibility index (Phi) is 5.16. The molecule has 1 unspecified atom stereocenters. The lowest BCUT2D eigenvalue weighted by Gasteiger charge is -2.29. The second-order valence-electron chi connectivity index (χ2n) is 7.25. The van der Waals surface area contributed by atoms with Gasteiger partial charge in [-0.05, 0) is 29.5 Å². The predicted molar refractivity (Wildman–Crippen MR) is 112 cm³/mol. The number of carbonyl (C=O) groups is 1. The summed E-state index contributed by atoms with van der Waals surface area (Å²) in [5.74, 6) is 0.659. The molecule has 0 aliphatic carbocycles. The lowest BCUT2D eigenvalue weighted by atomic mass is 9.91. The molecule has 1 N–H and O–H groups in total. The first-order valence-electron chi connectivity index (χ1n) is 9.83. The van der Waals surface area contributed by atoms with Crippen LogP contribution in [0.2, 0.25) is 0 Å². The third-order valence-electron chi connectivity index (χ3n) is 5.07. The molecule has 29 heavy (non-hydrogen) atoms. The molecule has 1 aliphatic rings. The van der Waals surface area contributed by atoms with E-state index in [4.69, 9.17) is 4.74 Å². The van der Waals surface area contributed by atoms with Gasteiger partial charge in [-0.2, -0.15) is 10.1 Å². The third-order valence-corrected chi connectivity index (χ3v) is 5.07. The van der Waals surface area contributed by atoms with Gasteiger partial charge in [-0.3, -0.25) is 0 Å². The smallest absolute Gasteiger partial charge is 0.338 e. The van der Waals surface area contributed by atoms with Crippen molar-refractivity contribution in [3.63, 3.8) is 0 Å². The molecule has 0 saturated carbocycles. The van der Waals surface area contributed by atoms with E-state index < -0.39 is 6.04 Å². The molecule has 0 saturated heterocycles. The van der Waals surface area contributed by atoms with E-state index in [0.29, 0.717) is 29.7 Å². The van der Waals surface area contributed by atoms with Gasteiger partial charge in [-0.25, -0.2) is 9.48 Å². The van der Waals surface area contributed by atoms with Crippen molar-refractivity contribution in [1.82, 2.24) is 14.8 Å². The normalized spacial score (nSPS) is 15.8. The number of hydrogen-bond acceptors (Lipinski definition) is 5. The highest BCUT2D eigenvalue weighted by Gasteiger charge is 2.36. The van der Waals surface area contributed by atoms with Gasteiger partial charge < -0.3 is 10.1 Å². The van der Waals surface area contributed by atoms with Crippen LogP contribution in [0.1, 0.15) is 49.4 Å². The predicted octanol–water partition coefficient (Wildman–Crippen LogP) is 4.39. The van der Waals surface area contributed by atoms with Crippen molar-refractivity contribution in [2.75, 3.05) is 11.9 Å². The third kappa shape index (κ3) is 3.53. The van der Waals surface area contributed by atoms with Gasteiger partial charge in [0, 0.05) is 0 Å². The van der Waals surface area contributed by atoms with E-state index in [2.05, 4.69) is 53.5 Å². The Morgan fingerprint density at radius 2 is 1.86 bits per heavy atom. The van der Waals surface area contributed by atoms with Crippen molar-refractivity contribution in [1.29, 1.82) is 0 Å². The van der Waals surface area contributed by atoms with Crippen molar-refractivity contribution in [2.24, 2.45) is 0 Å². The minimum Gasteiger partial charge on any atom is -0.463 e. The molecule has 2 heterocycles. The highest BCUT2D eigenvalue weighted by Crippen LogP contribution is 2.39. The van der Waals surface area contributed by atoms with E-state index in [0.717, 1.165) is 11.1 Å². The summed E-state index contributed by atoms with van der Waals surface area (Å²) in [5, 5.41) is 7.67. The summed E-state index contributed by atoms with van der Waals surface area (Å²) in [6.45, 7) is 6.43. The standard InChI is InChI=1S/C23H24N4O2/c1-4-29-22(28)19-20(17-8-6-5-7-9-17)26-23-24-14-25-27(23)21(19)18-12-10-16(11-13-18)15(2)3/h5-15,21H,4H2,1-3H3,(H,24,25,26). The Morgan fingerprint density at radius 3 is 2.52 bits per heavy atom. The molecule has 0 radical (unpaired) electrons. The zero-order chi connectivity index (χ0) is 20.4. The molecule has 0 amide bonds. The Bertz CT molecular complexity index is 1040. The molecule has 0 fully saturated rings. The zero-order valence-electron chi connectivity index (χ0n) is 16.8. The molecule has 148 valence electrons. The minimum absolute atomic E-state index is 0.299. The second kappa shape index (κ2) is 7.91.